The van der Waals surface area contributed by atoms with E-state index in [-0.39, 0.29) is 0 Å². The van der Waals surface area contributed by atoms with Crippen molar-refractivity contribution in [1.29, 1.82) is 0 Å². The zero-order valence-electron chi connectivity index (χ0n) is 29.8. The zero-order chi connectivity index (χ0) is 36.1. The molecule has 0 saturated heterocycles. The molecule has 8 aromatic carbocycles. The van der Waals surface area contributed by atoms with E-state index in [1.807, 2.05) is 0 Å². The van der Waals surface area contributed by atoms with Crippen molar-refractivity contribution < 1.29 is 4.42 Å². The van der Waals surface area contributed by atoms with Crippen LogP contribution in [0.4, 0.5) is 17.2 Å². The maximum atomic E-state index is 6.44. The van der Waals surface area contributed by atoms with Gasteiger partial charge in [0.25, 0.3) is 0 Å². The van der Waals surface area contributed by atoms with Gasteiger partial charge in [-0.2, -0.15) is 0 Å². The van der Waals surface area contributed by atoms with E-state index in [2.05, 4.69) is 199 Å². The van der Waals surface area contributed by atoms with Crippen LogP contribution in [0.2, 0.25) is 0 Å². The van der Waals surface area contributed by atoms with Crippen molar-refractivity contribution in [2.75, 3.05) is 4.90 Å². The Kier molecular flexibility index (Phi) is 6.26. The van der Waals surface area contributed by atoms with E-state index < -0.39 is 5.41 Å². The molecule has 2 aromatic heterocycles. The highest BCUT2D eigenvalue weighted by Gasteiger charge is 2.52. The van der Waals surface area contributed by atoms with Gasteiger partial charge in [-0.25, -0.2) is 4.98 Å². The lowest BCUT2D eigenvalue weighted by atomic mass is 9.70. The molecule has 0 bridgehead atoms. The minimum absolute atomic E-state index is 0.447. The average molecular weight is 701 g/mol. The van der Waals surface area contributed by atoms with Crippen molar-refractivity contribution in [3.8, 4) is 33.4 Å². The van der Waals surface area contributed by atoms with Crippen molar-refractivity contribution in [2.24, 2.45) is 0 Å². The number of furan rings is 1. The molecule has 0 N–H and O–H groups in total. The number of nitrogens with zero attached hydrogens (tertiary/aromatic N) is 2. The fourth-order valence-electron chi connectivity index (χ4n) is 9.58. The predicted octanol–water partition coefficient (Wildman–Crippen LogP) is 13.6. The first-order chi connectivity index (χ1) is 27.3. The normalized spacial score (nSPS) is 13.2. The highest BCUT2D eigenvalue weighted by Crippen LogP contribution is 2.64. The molecule has 0 unspecified atom stereocenters. The third kappa shape index (κ3) is 4.18. The van der Waals surface area contributed by atoms with E-state index in [0.717, 1.165) is 50.0 Å². The SMILES string of the molecule is c1ccc(-c2ccc(N(c3ccc4oc5cc6ccccc6cc5c4n3)c3cccc4c3-c3ccccc3C43c4ccccc4-c4ccccc43)cc2)cc1. The van der Waals surface area contributed by atoms with Crippen LogP contribution in [0.3, 0.4) is 0 Å². The maximum absolute atomic E-state index is 6.44. The lowest BCUT2D eigenvalue weighted by Gasteiger charge is -2.31. The average Bonchev–Trinajstić information content (AvgIpc) is 3.87. The summed E-state index contributed by atoms with van der Waals surface area (Å²) in [5, 5.41) is 3.33. The Morgan fingerprint density at radius 1 is 0.436 bits per heavy atom. The second-order valence-electron chi connectivity index (χ2n) is 14.6. The third-order valence-corrected chi connectivity index (χ3v) is 11.9. The van der Waals surface area contributed by atoms with Crippen LogP contribution < -0.4 is 4.90 Å². The van der Waals surface area contributed by atoms with Crippen molar-refractivity contribution in [3.63, 3.8) is 0 Å². The van der Waals surface area contributed by atoms with Gasteiger partial charge in [-0.1, -0.05) is 152 Å². The summed E-state index contributed by atoms with van der Waals surface area (Å²) < 4.78 is 6.44. The monoisotopic (exact) mass is 700 g/mol. The van der Waals surface area contributed by atoms with Crippen molar-refractivity contribution in [3.05, 3.63) is 216 Å². The summed E-state index contributed by atoms with van der Waals surface area (Å²) in [6.07, 6.45) is 0. The lowest BCUT2D eigenvalue weighted by Crippen LogP contribution is -2.26. The summed E-state index contributed by atoms with van der Waals surface area (Å²) >= 11 is 0. The summed E-state index contributed by atoms with van der Waals surface area (Å²) in [5.41, 5.74) is 16.8. The summed E-state index contributed by atoms with van der Waals surface area (Å²) in [6, 6.07) is 70.2. The first-order valence-corrected chi connectivity index (χ1v) is 18.9. The van der Waals surface area contributed by atoms with Crippen LogP contribution in [0, 0.1) is 0 Å². The number of aromatic nitrogens is 1. The molecule has 2 heterocycles. The first kappa shape index (κ1) is 30.3. The maximum Gasteiger partial charge on any atom is 0.154 e. The van der Waals surface area contributed by atoms with Gasteiger partial charge in [-0.3, -0.25) is 4.90 Å². The number of hydrogen-bond donors (Lipinski definition) is 0. The highest BCUT2D eigenvalue weighted by molar-refractivity contribution is 6.09. The molecule has 0 atom stereocenters. The largest absolute Gasteiger partial charge is 0.454 e. The fraction of sp³-hybridized carbons (Fsp3) is 0.0192. The van der Waals surface area contributed by atoms with Crippen LogP contribution in [0.5, 0.6) is 0 Å². The minimum atomic E-state index is -0.447. The summed E-state index contributed by atoms with van der Waals surface area (Å²) in [5.74, 6) is 0.829. The quantitative estimate of drug-likeness (QED) is 0.183. The Labute approximate surface area is 318 Å². The van der Waals surface area contributed by atoms with E-state index >= 15 is 0 Å². The van der Waals surface area contributed by atoms with E-state index in [1.165, 1.54) is 55.6 Å². The van der Waals surface area contributed by atoms with Gasteiger partial charge in [0.2, 0.25) is 0 Å². The molecule has 12 rings (SSSR count). The van der Waals surface area contributed by atoms with Crippen LogP contribution in [0.1, 0.15) is 22.3 Å². The molecule has 10 aromatic rings. The number of fused-ring (bicyclic) bond motifs is 14. The molecule has 1 spiro atoms. The van der Waals surface area contributed by atoms with Gasteiger partial charge in [0.05, 0.1) is 11.1 Å². The van der Waals surface area contributed by atoms with Gasteiger partial charge in [0.1, 0.15) is 16.9 Å². The van der Waals surface area contributed by atoms with Crippen molar-refractivity contribution >= 4 is 50.0 Å². The van der Waals surface area contributed by atoms with Crippen LogP contribution in [-0.4, -0.2) is 4.98 Å². The van der Waals surface area contributed by atoms with E-state index in [1.54, 1.807) is 0 Å². The van der Waals surface area contributed by atoms with Gasteiger partial charge in [0, 0.05) is 16.6 Å². The van der Waals surface area contributed by atoms with Gasteiger partial charge in [-0.05, 0) is 103 Å². The van der Waals surface area contributed by atoms with Crippen LogP contribution in [0.25, 0.3) is 66.2 Å². The molecular formula is C52H32N2O. The Morgan fingerprint density at radius 3 is 1.75 bits per heavy atom. The second kappa shape index (κ2) is 11.4. The zero-order valence-corrected chi connectivity index (χ0v) is 29.8. The molecule has 2 aliphatic rings. The van der Waals surface area contributed by atoms with Crippen LogP contribution in [0.15, 0.2) is 199 Å². The number of benzene rings is 8. The number of anilines is 3. The minimum Gasteiger partial charge on any atom is -0.454 e. The molecular weight excluding hydrogens is 669 g/mol. The molecule has 0 aliphatic heterocycles. The Bertz CT molecular complexity index is 3110. The van der Waals surface area contributed by atoms with Crippen molar-refractivity contribution in [1.82, 2.24) is 4.98 Å². The Morgan fingerprint density at radius 2 is 1.02 bits per heavy atom. The smallest absolute Gasteiger partial charge is 0.154 e. The Hall–Kier alpha value is -7.23. The van der Waals surface area contributed by atoms with E-state index in [0.29, 0.717) is 0 Å². The van der Waals surface area contributed by atoms with Crippen LogP contribution in [-0.2, 0) is 5.41 Å². The number of hydrogen-bond acceptors (Lipinski definition) is 3. The molecule has 256 valence electrons. The van der Waals surface area contributed by atoms with Gasteiger partial charge < -0.3 is 4.42 Å². The lowest BCUT2D eigenvalue weighted by molar-refractivity contribution is 0.668. The summed E-state index contributed by atoms with van der Waals surface area (Å²) in [7, 11) is 0. The molecule has 55 heavy (non-hydrogen) atoms. The van der Waals surface area contributed by atoms with E-state index in [9.17, 15) is 0 Å². The molecule has 0 saturated carbocycles. The standard InChI is InChI=1S/C52H32N2O/c1-2-13-33(14-3-1)34-25-27-37(28-26-34)54(49-30-29-47-51(53-49)41-31-35-15-4-5-16-36(35)32-48(41)55-47)46-24-12-23-45-50(46)40-19-8-11-22-44(40)52(45)42-20-9-6-17-38(42)39-18-7-10-21-43(39)52/h1-32H. The van der Waals surface area contributed by atoms with E-state index in [4.69, 9.17) is 9.40 Å². The summed E-state index contributed by atoms with van der Waals surface area (Å²) in [4.78, 5) is 7.82. The first-order valence-electron chi connectivity index (χ1n) is 18.9. The molecule has 3 nitrogen and oxygen atoms in total. The molecule has 2 aliphatic carbocycles. The molecule has 3 heteroatoms. The fourth-order valence-corrected chi connectivity index (χ4v) is 9.58. The molecule has 0 amide bonds. The number of rotatable bonds is 4. The predicted molar refractivity (Wildman–Crippen MR) is 225 cm³/mol. The van der Waals surface area contributed by atoms with Gasteiger partial charge >= 0.3 is 0 Å². The topological polar surface area (TPSA) is 29.3 Å². The number of pyridine rings is 1. The highest BCUT2D eigenvalue weighted by atomic mass is 16.3. The summed E-state index contributed by atoms with van der Waals surface area (Å²) in [6.45, 7) is 0. The second-order valence-corrected chi connectivity index (χ2v) is 14.6. The molecule has 0 fully saturated rings. The van der Waals surface area contributed by atoms with Crippen molar-refractivity contribution in [2.45, 2.75) is 5.41 Å². The van der Waals surface area contributed by atoms with Gasteiger partial charge in [0.15, 0.2) is 5.58 Å². The van der Waals surface area contributed by atoms with Crippen LogP contribution >= 0.6 is 0 Å². The van der Waals surface area contributed by atoms with Gasteiger partial charge in [-0.15, -0.1) is 0 Å². The Balaban J connectivity index is 1.14. The third-order valence-electron chi connectivity index (χ3n) is 11.9. The molecule has 0 radical (unpaired) electrons.